The van der Waals surface area contributed by atoms with E-state index >= 15 is 0 Å². The Labute approximate surface area is 126 Å². The van der Waals surface area contributed by atoms with Gasteiger partial charge < -0.3 is 14.8 Å². The van der Waals surface area contributed by atoms with E-state index in [0.29, 0.717) is 0 Å². The van der Waals surface area contributed by atoms with E-state index in [1.54, 1.807) is 0 Å². The summed E-state index contributed by atoms with van der Waals surface area (Å²) in [5.41, 5.74) is -0.406. The van der Waals surface area contributed by atoms with E-state index in [4.69, 9.17) is 4.74 Å². The maximum absolute atomic E-state index is 11.7. The average Bonchev–Trinajstić information content (AvgIpc) is 2.51. The molecule has 0 saturated heterocycles. The molecule has 0 bridgehead atoms. The molecule has 8 heteroatoms. The zero-order valence-electron chi connectivity index (χ0n) is 12.2. The molecule has 1 N–H and O–H groups in total. The van der Waals surface area contributed by atoms with E-state index in [1.165, 1.54) is 32.2 Å². The second kappa shape index (κ2) is 7.77. The number of nitro benzene ring substituents is 1. The number of ether oxygens (including phenoxy) is 2. The first-order chi connectivity index (χ1) is 10.4. The summed E-state index contributed by atoms with van der Waals surface area (Å²) >= 11 is 0. The molecular weight excluding hydrogens is 292 g/mol. The minimum Gasteiger partial charge on any atom is -0.474 e. The highest BCUT2D eigenvalue weighted by atomic mass is 16.6. The second-order valence-electron chi connectivity index (χ2n) is 4.23. The van der Waals surface area contributed by atoms with Gasteiger partial charge in [-0.15, -0.1) is 6.58 Å². The van der Waals surface area contributed by atoms with Gasteiger partial charge in [-0.2, -0.15) is 0 Å². The van der Waals surface area contributed by atoms with Crippen LogP contribution in [0, 0.1) is 10.1 Å². The molecule has 0 heterocycles. The quantitative estimate of drug-likeness (QED) is 0.353. The Morgan fingerprint density at radius 1 is 1.50 bits per heavy atom. The minimum atomic E-state index is -0.942. The van der Waals surface area contributed by atoms with Gasteiger partial charge in [-0.1, -0.05) is 6.08 Å². The topological polar surface area (TPSA) is 108 Å². The Morgan fingerprint density at radius 2 is 2.18 bits per heavy atom. The van der Waals surface area contributed by atoms with Crippen LogP contribution in [0.4, 0.5) is 5.69 Å². The van der Waals surface area contributed by atoms with E-state index in [-0.39, 0.29) is 17.9 Å². The number of benzene rings is 1. The molecule has 0 fully saturated rings. The normalized spacial score (nSPS) is 11.2. The molecule has 0 aliphatic rings. The number of esters is 1. The summed E-state index contributed by atoms with van der Waals surface area (Å²) in [6.07, 6.45) is 0.556. The largest absolute Gasteiger partial charge is 0.474 e. The molecule has 0 aliphatic heterocycles. The molecule has 0 radical (unpaired) electrons. The van der Waals surface area contributed by atoms with Crippen LogP contribution in [0.15, 0.2) is 30.9 Å². The molecule has 8 nitrogen and oxygen atoms in total. The fraction of sp³-hybridized carbons (Fsp3) is 0.286. The Morgan fingerprint density at radius 3 is 2.73 bits per heavy atom. The van der Waals surface area contributed by atoms with Crippen LogP contribution < -0.4 is 10.1 Å². The number of carbonyl (C=O) groups is 2. The van der Waals surface area contributed by atoms with Gasteiger partial charge >= 0.3 is 11.7 Å². The molecule has 1 atom stereocenters. The van der Waals surface area contributed by atoms with Gasteiger partial charge in [0.15, 0.2) is 11.9 Å². The summed E-state index contributed by atoms with van der Waals surface area (Å²) in [7, 11) is 1.17. The first kappa shape index (κ1) is 17.2. The number of hydrogen-bond donors (Lipinski definition) is 1. The van der Waals surface area contributed by atoms with Gasteiger partial charge in [0.05, 0.1) is 17.6 Å². The zero-order valence-corrected chi connectivity index (χ0v) is 12.2. The van der Waals surface area contributed by atoms with Gasteiger partial charge in [0.1, 0.15) is 0 Å². The number of amides is 1. The first-order valence-electron chi connectivity index (χ1n) is 6.32. The van der Waals surface area contributed by atoms with Crippen molar-refractivity contribution in [2.24, 2.45) is 0 Å². The molecule has 118 valence electrons. The van der Waals surface area contributed by atoms with Crippen molar-refractivity contribution < 1.29 is 24.0 Å². The Hall–Kier alpha value is -2.90. The van der Waals surface area contributed by atoms with Crippen molar-refractivity contribution in [3.05, 3.63) is 46.5 Å². The molecule has 0 aliphatic carbocycles. The van der Waals surface area contributed by atoms with Crippen molar-refractivity contribution in [1.82, 2.24) is 5.32 Å². The molecule has 0 aromatic heterocycles. The van der Waals surface area contributed by atoms with Gasteiger partial charge in [0.2, 0.25) is 0 Å². The van der Waals surface area contributed by atoms with Gasteiger partial charge in [-0.05, 0) is 19.1 Å². The molecule has 22 heavy (non-hydrogen) atoms. The predicted octanol–water partition coefficient (Wildman–Crippen LogP) is 1.45. The molecular formula is C14H16N2O6. The first-order valence-corrected chi connectivity index (χ1v) is 6.32. The number of hydrogen-bond acceptors (Lipinski definition) is 6. The van der Waals surface area contributed by atoms with E-state index in [9.17, 15) is 19.7 Å². The lowest BCUT2D eigenvalue weighted by Crippen LogP contribution is -2.36. The monoisotopic (exact) mass is 308 g/mol. The predicted molar refractivity (Wildman–Crippen MR) is 77.7 cm³/mol. The number of nitro groups is 1. The zero-order chi connectivity index (χ0) is 16.7. The summed E-state index contributed by atoms with van der Waals surface area (Å²) in [6.45, 7) is 5.17. The van der Waals surface area contributed by atoms with Crippen LogP contribution in [-0.4, -0.2) is 36.6 Å². The number of carbonyl (C=O) groups excluding carboxylic acids is 2. The molecule has 1 amide bonds. The summed E-state index contributed by atoms with van der Waals surface area (Å²) in [5.74, 6) is -1.25. The highest BCUT2D eigenvalue weighted by Gasteiger charge is 2.23. The third-order valence-electron chi connectivity index (χ3n) is 2.67. The van der Waals surface area contributed by atoms with Gasteiger partial charge in [-0.3, -0.25) is 14.9 Å². The summed E-state index contributed by atoms with van der Waals surface area (Å²) < 4.78 is 9.79. The fourth-order valence-corrected chi connectivity index (χ4v) is 1.56. The molecule has 1 aromatic rings. The lowest BCUT2D eigenvalue weighted by Gasteiger charge is -2.14. The van der Waals surface area contributed by atoms with Gasteiger partial charge in [0, 0.05) is 12.6 Å². The van der Waals surface area contributed by atoms with Crippen molar-refractivity contribution in [2.75, 3.05) is 13.7 Å². The van der Waals surface area contributed by atoms with Gasteiger partial charge in [-0.25, -0.2) is 4.79 Å². The van der Waals surface area contributed by atoms with Gasteiger partial charge in [0.25, 0.3) is 5.91 Å². The van der Waals surface area contributed by atoms with E-state index < -0.39 is 28.6 Å². The third-order valence-corrected chi connectivity index (χ3v) is 2.67. The lowest BCUT2D eigenvalue weighted by molar-refractivity contribution is -0.386. The van der Waals surface area contributed by atoms with Crippen LogP contribution in [-0.2, 0) is 9.53 Å². The summed E-state index contributed by atoms with van der Waals surface area (Å²) in [6, 6.07) is 3.61. The lowest BCUT2D eigenvalue weighted by atomic mass is 10.2. The number of nitrogens with zero attached hydrogens (tertiary/aromatic N) is 1. The SMILES string of the molecule is C=CCNC(=O)[C@H](C)Oc1ccc(C(=O)OC)cc1[N+](=O)[O-]. The van der Waals surface area contributed by atoms with Crippen LogP contribution in [0.2, 0.25) is 0 Å². The van der Waals surface area contributed by atoms with Crippen molar-refractivity contribution in [3.8, 4) is 5.75 Å². The van der Waals surface area contributed by atoms with Crippen LogP contribution >= 0.6 is 0 Å². The second-order valence-corrected chi connectivity index (χ2v) is 4.23. The smallest absolute Gasteiger partial charge is 0.338 e. The van der Waals surface area contributed by atoms with Crippen molar-refractivity contribution >= 4 is 17.6 Å². The van der Waals surface area contributed by atoms with Crippen molar-refractivity contribution in [3.63, 3.8) is 0 Å². The van der Waals surface area contributed by atoms with Crippen LogP contribution in [0.5, 0.6) is 5.75 Å². The number of methoxy groups -OCH3 is 1. The molecule has 0 spiro atoms. The molecule has 0 unspecified atom stereocenters. The Kier molecular flexibility index (Phi) is 6.06. The maximum Gasteiger partial charge on any atom is 0.338 e. The standard InChI is InChI=1S/C14H16N2O6/c1-4-7-15-13(17)9(2)22-12-6-5-10(14(18)21-3)8-11(12)16(19)20/h4-6,8-9H,1,7H2,2-3H3,(H,15,17)/t9-/m0/s1. The number of nitrogens with one attached hydrogen (secondary N) is 1. The minimum absolute atomic E-state index is 0.0188. The maximum atomic E-state index is 11.7. The highest BCUT2D eigenvalue weighted by molar-refractivity contribution is 5.90. The average molecular weight is 308 g/mol. The van der Waals surface area contributed by atoms with E-state index in [2.05, 4.69) is 16.6 Å². The molecule has 1 aromatic carbocycles. The molecule has 0 saturated carbocycles. The van der Waals surface area contributed by atoms with Crippen LogP contribution in [0.25, 0.3) is 0 Å². The van der Waals surface area contributed by atoms with E-state index in [0.717, 1.165) is 6.07 Å². The molecule has 1 rings (SSSR count). The van der Waals surface area contributed by atoms with Crippen molar-refractivity contribution in [1.29, 1.82) is 0 Å². The van der Waals surface area contributed by atoms with Crippen molar-refractivity contribution in [2.45, 2.75) is 13.0 Å². The van der Waals surface area contributed by atoms with E-state index in [1.807, 2.05) is 0 Å². The Balaban J connectivity index is 2.99. The number of rotatable bonds is 7. The van der Waals surface area contributed by atoms with Crippen LogP contribution in [0.1, 0.15) is 17.3 Å². The van der Waals surface area contributed by atoms with Crippen LogP contribution in [0.3, 0.4) is 0 Å². The third kappa shape index (κ3) is 4.30. The summed E-state index contributed by atoms with van der Waals surface area (Å²) in [4.78, 5) is 33.4. The fourth-order valence-electron chi connectivity index (χ4n) is 1.56. The highest BCUT2D eigenvalue weighted by Crippen LogP contribution is 2.29. The summed E-state index contributed by atoms with van der Waals surface area (Å²) in [5, 5.41) is 13.6. The Bertz CT molecular complexity index is 599.